The lowest BCUT2D eigenvalue weighted by Gasteiger charge is -2.34. The molecule has 1 saturated heterocycles. The molecule has 118 valence electrons. The number of halogens is 2. The van der Waals surface area contributed by atoms with Crippen LogP contribution in [0, 0.1) is 11.3 Å². The van der Waals surface area contributed by atoms with E-state index < -0.39 is 0 Å². The van der Waals surface area contributed by atoms with Gasteiger partial charge in [0.1, 0.15) is 11.5 Å². The number of phenols is 1. The van der Waals surface area contributed by atoms with E-state index in [0.717, 1.165) is 26.2 Å². The Morgan fingerprint density at radius 3 is 2.62 bits per heavy atom. The summed E-state index contributed by atoms with van der Waals surface area (Å²) in [5, 5.41) is 22.5. The third-order valence-electron chi connectivity index (χ3n) is 3.47. The second kappa shape index (κ2) is 9.69. The molecular weight excluding hydrogens is 313 g/mol. The van der Waals surface area contributed by atoms with Crippen molar-refractivity contribution in [3.8, 4) is 17.6 Å². The first-order valence-electron chi connectivity index (χ1n) is 6.45. The van der Waals surface area contributed by atoms with Gasteiger partial charge < -0.3 is 15.2 Å². The number of rotatable bonds is 4. The van der Waals surface area contributed by atoms with Crippen molar-refractivity contribution in [3.05, 3.63) is 23.8 Å². The number of ether oxygens (including phenoxy) is 1. The van der Waals surface area contributed by atoms with Gasteiger partial charge in [-0.1, -0.05) is 6.07 Å². The molecule has 0 aliphatic carbocycles. The molecule has 0 amide bonds. The molecule has 21 heavy (non-hydrogen) atoms. The molecule has 1 fully saturated rings. The van der Waals surface area contributed by atoms with Gasteiger partial charge in [0.05, 0.1) is 31.2 Å². The van der Waals surface area contributed by atoms with Crippen LogP contribution in [0.5, 0.6) is 11.5 Å². The zero-order chi connectivity index (χ0) is 13.7. The van der Waals surface area contributed by atoms with Gasteiger partial charge in [-0.2, -0.15) is 5.26 Å². The molecule has 1 aliphatic rings. The van der Waals surface area contributed by atoms with Crippen LogP contribution < -0.4 is 10.1 Å². The van der Waals surface area contributed by atoms with E-state index in [9.17, 15) is 5.11 Å². The zero-order valence-electron chi connectivity index (χ0n) is 11.9. The molecule has 1 aromatic rings. The van der Waals surface area contributed by atoms with Gasteiger partial charge in [-0.05, 0) is 12.1 Å². The zero-order valence-corrected chi connectivity index (χ0v) is 13.5. The van der Waals surface area contributed by atoms with Gasteiger partial charge in [0.15, 0.2) is 0 Å². The average Bonchev–Trinajstić information content (AvgIpc) is 2.46. The summed E-state index contributed by atoms with van der Waals surface area (Å²) in [4.78, 5) is 2.22. The van der Waals surface area contributed by atoms with Gasteiger partial charge in [-0.3, -0.25) is 4.90 Å². The molecule has 0 aromatic heterocycles. The molecule has 1 aromatic carbocycles. The van der Waals surface area contributed by atoms with Crippen LogP contribution in [0.3, 0.4) is 0 Å². The standard InChI is InChI=1S/C14H19N3O2.2ClH/c1-19-13-4-2-3-12(18)14(13)11(5-6-15)17-9-7-16-8-10-17;;/h2-4,11,16,18H,5,7-10H2,1H3;2*1H/t11-;;/m0../s1. The lowest BCUT2D eigenvalue weighted by molar-refractivity contribution is 0.170. The molecule has 2 rings (SSSR count). The Bertz CT molecular complexity index is 474. The molecule has 1 aliphatic heterocycles. The van der Waals surface area contributed by atoms with Crippen LogP contribution in [0.1, 0.15) is 18.0 Å². The van der Waals surface area contributed by atoms with Crippen molar-refractivity contribution in [1.82, 2.24) is 10.2 Å². The van der Waals surface area contributed by atoms with Crippen molar-refractivity contribution in [3.63, 3.8) is 0 Å². The summed E-state index contributed by atoms with van der Waals surface area (Å²) in [5.41, 5.74) is 0.716. The normalized spacial score (nSPS) is 16.0. The predicted molar refractivity (Wildman–Crippen MR) is 86.6 cm³/mol. The number of hydrogen-bond donors (Lipinski definition) is 2. The van der Waals surface area contributed by atoms with E-state index in [2.05, 4.69) is 16.3 Å². The average molecular weight is 334 g/mol. The molecular formula is C14H21Cl2N3O2. The van der Waals surface area contributed by atoms with Gasteiger partial charge in [0.25, 0.3) is 0 Å². The van der Waals surface area contributed by atoms with Crippen LogP contribution in [0.15, 0.2) is 18.2 Å². The minimum absolute atomic E-state index is 0. The Hall–Kier alpha value is -1.19. The van der Waals surface area contributed by atoms with E-state index in [-0.39, 0.29) is 36.6 Å². The minimum atomic E-state index is -0.122. The number of phenolic OH excluding ortho intramolecular Hbond substituents is 1. The van der Waals surface area contributed by atoms with Crippen molar-refractivity contribution in [1.29, 1.82) is 5.26 Å². The largest absolute Gasteiger partial charge is 0.507 e. The lowest BCUT2D eigenvalue weighted by Crippen LogP contribution is -2.45. The molecule has 7 heteroatoms. The highest BCUT2D eigenvalue weighted by molar-refractivity contribution is 5.85. The van der Waals surface area contributed by atoms with Crippen LogP contribution in [-0.2, 0) is 0 Å². The summed E-state index contributed by atoms with van der Waals surface area (Å²) >= 11 is 0. The number of nitriles is 1. The number of benzene rings is 1. The van der Waals surface area contributed by atoms with E-state index in [0.29, 0.717) is 17.7 Å². The molecule has 2 N–H and O–H groups in total. The number of methoxy groups -OCH3 is 1. The monoisotopic (exact) mass is 333 g/mol. The minimum Gasteiger partial charge on any atom is -0.507 e. The van der Waals surface area contributed by atoms with Crippen LogP contribution >= 0.6 is 24.8 Å². The summed E-state index contributed by atoms with van der Waals surface area (Å²) in [6, 6.07) is 7.30. The Labute approximate surface area is 137 Å². The van der Waals surface area contributed by atoms with Crippen LogP contribution in [-0.4, -0.2) is 43.3 Å². The summed E-state index contributed by atoms with van der Waals surface area (Å²) in [5.74, 6) is 0.830. The van der Waals surface area contributed by atoms with Gasteiger partial charge in [0.2, 0.25) is 0 Å². The first kappa shape index (κ1) is 19.8. The van der Waals surface area contributed by atoms with E-state index in [4.69, 9.17) is 10.00 Å². The van der Waals surface area contributed by atoms with Crippen molar-refractivity contribution in [2.24, 2.45) is 0 Å². The van der Waals surface area contributed by atoms with Crippen molar-refractivity contribution in [2.45, 2.75) is 12.5 Å². The summed E-state index contributed by atoms with van der Waals surface area (Å²) in [6.45, 7) is 3.53. The topological polar surface area (TPSA) is 68.5 Å². The quantitative estimate of drug-likeness (QED) is 0.883. The molecule has 0 saturated carbocycles. The third kappa shape index (κ3) is 4.65. The van der Waals surface area contributed by atoms with Crippen molar-refractivity contribution < 1.29 is 9.84 Å². The van der Waals surface area contributed by atoms with E-state index in [1.54, 1.807) is 19.2 Å². The van der Waals surface area contributed by atoms with Gasteiger partial charge in [-0.25, -0.2) is 0 Å². The van der Waals surface area contributed by atoms with Crippen molar-refractivity contribution >= 4 is 24.8 Å². The maximum atomic E-state index is 10.1. The molecule has 1 atom stereocenters. The molecule has 0 radical (unpaired) electrons. The number of aromatic hydroxyl groups is 1. The summed E-state index contributed by atoms with van der Waals surface area (Å²) < 4.78 is 5.33. The van der Waals surface area contributed by atoms with Crippen molar-refractivity contribution in [2.75, 3.05) is 33.3 Å². The van der Waals surface area contributed by atoms with Gasteiger partial charge in [-0.15, -0.1) is 24.8 Å². The molecule has 0 bridgehead atoms. The number of piperazine rings is 1. The number of nitrogens with zero attached hydrogens (tertiary/aromatic N) is 2. The first-order valence-corrected chi connectivity index (χ1v) is 6.45. The SMILES string of the molecule is COc1cccc(O)c1[C@H](CC#N)N1CCNCC1.Cl.Cl. The fourth-order valence-electron chi connectivity index (χ4n) is 2.54. The molecule has 1 heterocycles. The fraction of sp³-hybridized carbons (Fsp3) is 0.500. The van der Waals surface area contributed by atoms with Crippen LogP contribution in [0.4, 0.5) is 0 Å². The van der Waals surface area contributed by atoms with E-state index in [1.807, 2.05) is 6.07 Å². The fourth-order valence-corrected chi connectivity index (χ4v) is 2.54. The highest BCUT2D eigenvalue weighted by Crippen LogP contribution is 2.38. The highest BCUT2D eigenvalue weighted by atomic mass is 35.5. The number of hydrogen-bond acceptors (Lipinski definition) is 5. The maximum Gasteiger partial charge on any atom is 0.127 e. The Kier molecular flexibility index (Phi) is 9.14. The Morgan fingerprint density at radius 2 is 2.05 bits per heavy atom. The van der Waals surface area contributed by atoms with Gasteiger partial charge in [0, 0.05) is 26.2 Å². The molecule has 5 nitrogen and oxygen atoms in total. The van der Waals surface area contributed by atoms with E-state index >= 15 is 0 Å². The summed E-state index contributed by atoms with van der Waals surface area (Å²) in [7, 11) is 1.58. The molecule has 0 spiro atoms. The summed E-state index contributed by atoms with van der Waals surface area (Å²) in [6.07, 6.45) is 0.341. The Morgan fingerprint density at radius 1 is 1.38 bits per heavy atom. The van der Waals surface area contributed by atoms with Crippen LogP contribution in [0.2, 0.25) is 0 Å². The lowest BCUT2D eigenvalue weighted by atomic mass is 9.99. The second-order valence-electron chi connectivity index (χ2n) is 4.56. The third-order valence-corrected chi connectivity index (χ3v) is 3.47. The van der Waals surface area contributed by atoms with E-state index in [1.165, 1.54) is 0 Å². The highest BCUT2D eigenvalue weighted by Gasteiger charge is 2.27. The molecule has 0 unspecified atom stereocenters. The first-order chi connectivity index (χ1) is 9.27. The Balaban J connectivity index is 0.00000200. The van der Waals surface area contributed by atoms with Gasteiger partial charge >= 0.3 is 0 Å². The second-order valence-corrected chi connectivity index (χ2v) is 4.56. The smallest absolute Gasteiger partial charge is 0.127 e. The number of nitrogens with one attached hydrogen (secondary N) is 1. The van der Waals surface area contributed by atoms with Crippen LogP contribution in [0.25, 0.3) is 0 Å². The maximum absolute atomic E-state index is 10.1. The predicted octanol–water partition coefficient (Wildman–Crippen LogP) is 2.10.